The van der Waals surface area contributed by atoms with Crippen molar-refractivity contribution >= 4 is 66.9 Å². The number of carbonyl (C=O) groups is 2. The van der Waals surface area contributed by atoms with Crippen LogP contribution >= 0.6 is 55.0 Å². The minimum Gasteiger partial charge on any atom is -0.377 e. The van der Waals surface area contributed by atoms with Crippen molar-refractivity contribution in [2.75, 3.05) is 5.75 Å². The van der Waals surface area contributed by atoms with E-state index < -0.39 is 12.0 Å². The van der Waals surface area contributed by atoms with Gasteiger partial charge in [0.25, 0.3) is 0 Å². The molecule has 0 rings (SSSR count). The zero-order valence-corrected chi connectivity index (χ0v) is 11.4. The summed E-state index contributed by atoms with van der Waals surface area (Å²) in [7, 11) is 2.37. The lowest BCUT2D eigenvalue weighted by Gasteiger charge is -2.12. The third-order valence-corrected chi connectivity index (χ3v) is 4.98. The second-order valence-electron chi connectivity index (χ2n) is 2.05. The quantitative estimate of drug-likeness (QED) is 0.300. The summed E-state index contributed by atoms with van der Waals surface area (Å²) < 4.78 is 4.74. The third kappa shape index (κ3) is 7.04. The molecule has 1 N–H and O–H groups in total. The highest BCUT2D eigenvalue weighted by Crippen LogP contribution is 2.37. The summed E-state index contributed by atoms with van der Waals surface area (Å²) in [5, 5.41) is 2.42. The summed E-state index contributed by atoms with van der Waals surface area (Å²) in [5.41, 5.74) is 0. The lowest BCUT2D eigenvalue weighted by atomic mass is 10.3. The third-order valence-electron chi connectivity index (χ3n) is 1.02. The number of nitrogens with one attached hydrogen (secondary N) is 1. The predicted molar refractivity (Wildman–Crippen MR) is 69.3 cm³/mol. The molecule has 0 aliphatic heterocycles. The van der Waals surface area contributed by atoms with Crippen LogP contribution in [0.3, 0.4) is 0 Å². The minimum atomic E-state index is -0.700. The molecule has 0 saturated heterocycles. The maximum Gasteiger partial charge on any atom is 0.342 e. The van der Waals surface area contributed by atoms with Gasteiger partial charge in [-0.05, 0) is 9.83 Å². The second-order valence-corrected chi connectivity index (χ2v) is 6.83. The van der Waals surface area contributed by atoms with Gasteiger partial charge in [-0.1, -0.05) is 11.7 Å². The van der Waals surface area contributed by atoms with Gasteiger partial charge < -0.3 is 9.50 Å². The van der Waals surface area contributed by atoms with Gasteiger partial charge in [0.15, 0.2) is 0 Å². The van der Waals surface area contributed by atoms with Crippen LogP contribution in [-0.4, -0.2) is 23.7 Å². The first-order chi connectivity index (χ1) is 6.61. The van der Waals surface area contributed by atoms with E-state index >= 15 is 0 Å². The van der Waals surface area contributed by atoms with Gasteiger partial charge in [-0.25, -0.2) is 4.79 Å². The molecule has 1 atom stereocenters. The Bertz CT molecular complexity index is 202. The van der Waals surface area contributed by atoms with Crippen molar-refractivity contribution in [3.8, 4) is 0 Å². The summed E-state index contributed by atoms with van der Waals surface area (Å²) in [6.45, 7) is 1.33. The van der Waals surface area contributed by atoms with Crippen LogP contribution < -0.4 is 5.32 Å². The van der Waals surface area contributed by atoms with E-state index in [9.17, 15) is 9.59 Å². The Kier molecular flexibility index (Phi) is 9.40. The monoisotopic (exact) mass is 291 g/mol. The van der Waals surface area contributed by atoms with Gasteiger partial charge in [0.1, 0.15) is 17.1 Å². The van der Waals surface area contributed by atoms with Gasteiger partial charge in [0, 0.05) is 22.5 Å². The second kappa shape index (κ2) is 8.96. The van der Waals surface area contributed by atoms with Crippen molar-refractivity contribution in [3.05, 3.63) is 0 Å². The van der Waals surface area contributed by atoms with Gasteiger partial charge in [-0.2, -0.15) is 12.6 Å². The van der Waals surface area contributed by atoms with Crippen molar-refractivity contribution in [2.45, 2.75) is 13.0 Å². The van der Waals surface area contributed by atoms with Crippen molar-refractivity contribution in [1.82, 2.24) is 5.32 Å². The number of hydrogen-bond acceptors (Lipinski definition) is 8. The Morgan fingerprint density at radius 2 is 2.21 bits per heavy atom. The van der Waals surface area contributed by atoms with E-state index in [1.165, 1.54) is 26.6 Å². The average Bonchev–Trinajstić information content (AvgIpc) is 2.14. The fraction of sp³-hybridized carbons (Fsp3) is 0.600. The molecule has 0 aliphatic rings. The van der Waals surface area contributed by atoms with Crippen LogP contribution in [0.15, 0.2) is 0 Å². The maximum absolute atomic E-state index is 11.2. The first-order valence-corrected chi connectivity index (χ1v) is 8.44. The Balaban J connectivity index is 3.85. The molecule has 0 aromatic carbocycles. The maximum atomic E-state index is 11.2. The largest absolute Gasteiger partial charge is 0.377 e. The smallest absolute Gasteiger partial charge is 0.342 e. The van der Waals surface area contributed by atoms with Gasteiger partial charge in [-0.15, -0.1) is 0 Å². The minimum absolute atomic E-state index is 0.206. The fourth-order valence-electron chi connectivity index (χ4n) is 0.542. The van der Waals surface area contributed by atoms with E-state index in [2.05, 4.69) is 29.6 Å². The molecule has 0 heterocycles. The normalized spacial score (nSPS) is 11.9. The molecule has 0 spiro atoms. The van der Waals surface area contributed by atoms with Crippen LogP contribution in [0.2, 0.25) is 0 Å². The number of amides is 1. The molecule has 9 heteroatoms. The number of carbonyl (C=O) groups excluding carboxylic acids is 2. The molecule has 0 aromatic heterocycles. The van der Waals surface area contributed by atoms with E-state index in [0.717, 1.165) is 11.1 Å². The van der Waals surface area contributed by atoms with Crippen LogP contribution in [0.1, 0.15) is 6.92 Å². The van der Waals surface area contributed by atoms with Crippen LogP contribution in [0.25, 0.3) is 0 Å². The summed E-state index contributed by atoms with van der Waals surface area (Å²) in [6.07, 6.45) is 0. The summed E-state index contributed by atoms with van der Waals surface area (Å²) in [5.74, 6) is -0.602. The average molecular weight is 291 g/mol. The molecule has 14 heavy (non-hydrogen) atoms. The molecular weight excluding hydrogens is 282 g/mol. The Morgan fingerprint density at radius 1 is 1.57 bits per heavy atom. The van der Waals surface area contributed by atoms with Gasteiger partial charge in [0.2, 0.25) is 5.91 Å². The van der Waals surface area contributed by atoms with Crippen LogP contribution in [0.4, 0.5) is 0 Å². The highest BCUT2D eigenvalue weighted by atomic mass is 33.7. The highest BCUT2D eigenvalue weighted by molar-refractivity contribution is 9.23. The molecule has 0 saturated carbocycles. The van der Waals surface area contributed by atoms with Gasteiger partial charge >= 0.3 is 5.97 Å². The first kappa shape index (κ1) is 14.7. The van der Waals surface area contributed by atoms with Crippen molar-refractivity contribution in [3.63, 3.8) is 0 Å². The van der Waals surface area contributed by atoms with Crippen molar-refractivity contribution < 1.29 is 13.8 Å². The molecular formula is C5H9NO3S5. The SMILES string of the molecule is CC(=O)N[C@@H](CS)C(=O)OSSSS. The highest BCUT2D eigenvalue weighted by Gasteiger charge is 2.19. The summed E-state index contributed by atoms with van der Waals surface area (Å²) >= 11 is 8.66. The zero-order valence-electron chi connectivity index (χ0n) is 7.13. The number of thiol groups is 2. The topological polar surface area (TPSA) is 55.4 Å². The summed E-state index contributed by atoms with van der Waals surface area (Å²) in [4.78, 5) is 21.9. The number of hydrogen-bond donors (Lipinski definition) is 3. The number of rotatable bonds is 6. The molecule has 0 radical (unpaired) electrons. The Morgan fingerprint density at radius 3 is 2.64 bits per heavy atom. The van der Waals surface area contributed by atoms with E-state index in [-0.39, 0.29) is 11.7 Å². The standard InChI is InChI=1S/C5H9NO3S5/c1-3(7)6-4(2-10)5(8)9-12-14-13-11/h4,10-11H,2H2,1H3,(H,6,7)/t4-/m0/s1. The fourth-order valence-corrected chi connectivity index (χ4v) is 2.52. The molecule has 0 aromatic rings. The molecule has 4 nitrogen and oxygen atoms in total. The molecule has 0 unspecified atom stereocenters. The predicted octanol–water partition coefficient (Wildman–Crippen LogP) is 1.75. The first-order valence-electron chi connectivity index (χ1n) is 3.35. The van der Waals surface area contributed by atoms with E-state index in [4.69, 9.17) is 4.18 Å². The molecule has 0 bridgehead atoms. The molecule has 82 valence electrons. The zero-order chi connectivity index (χ0) is 11.0. The van der Waals surface area contributed by atoms with Crippen molar-refractivity contribution in [1.29, 1.82) is 0 Å². The lowest BCUT2D eigenvalue weighted by Crippen LogP contribution is -2.41. The Hall–Kier alpha value is 0.690. The summed E-state index contributed by atoms with van der Waals surface area (Å²) in [6, 6.07) is -0.700. The van der Waals surface area contributed by atoms with E-state index in [0.29, 0.717) is 0 Å². The molecule has 1 amide bonds. The molecule has 0 aliphatic carbocycles. The van der Waals surface area contributed by atoms with Gasteiger partial charge in [-0.3, -0.25) is 4.79 Å². The van der Waals surface area contributed by atoms with E-state index in [1.807, 2.05) is 0 Å². The van der Waals surface area contributed by atoms with E-state index in [1.54, 1.807) is 0 Å². The lowest BCUT2D eigenvalue weighted by molar-refractivity contribution is -0.137. The van der Waals surface area contributed by atoms with Crippen LogP contribution in [0, 0.1) is 0 Å². The van der Waals surface area contributed by atoms with Crippen molar-refractivity contribution in [2.24, 2.45) is 0 Å². The Labute approximate surface area is 104 Å². The van der Waals surface area contributed by atoms with Gasteiger partial charge in [0.05, 0.1) is 0 Å². The van der Waals surface area contributed by atoms with Crippen LogP contribution in [-0.2, 0) is 13.8 Å². The molecule has 0 fully saturated rings. The van der Waals surface area contributed by atoms with Crippen LogP contribution in [0.5, 0.6) is 0 Å².